The fraction of sp³-hybridized carbons (Fsp3) is 0.955. The summed E-state index contributed by atoms with van der Waals surface area (Å²) in [5.41, 5.74) is 0. The number of rotatable bonds is 10. The highest BCUT2D eigenvalue weighted by Crippen LogP contribution is 2.38. The number of epoxide rings is 1. The van der Waals surface area contributed by atoms with Gasteiger partial charge in [-0.05, 0) is 44.4 Å². The van der Waals surface area contributed by atoms with Crippen LogP contribution in [0.5, 0.6) is 0 Å². The van der Waals surface area contributed by atoms with E-state index in [0.29, 0.717) is 31.0 Å². The van der Waals surface area contributed by atoms with Gasteiger partial charge in [-0.25, -0.2) is 0 Å². The second kappa shape index (κ2) is 10.2. The summed E-state index contributed by atoms with van der Waals surface area (Å²) < 4.78 is 17.3. The van der Waals surface area contributed by atoms with Gasteiger partial charge >= 0.3 is 5.97 Å². The van der Waals surface area contributed by atoms with Gasteiger partial charge < -0.3 is 19.3 Å². The van der Waals surface area contributed by atoms with Gasteiger partial charge in [0.15, 0.2) is 0 Å². The summed E-state index contributed by atoms with van der Waals surface area (Å²) in [7, 11) is 0. The van der Waals surface area contributed by atoms with Crippen LogP contribution in [0, 0.1) is 11.8 Å². The Morgan fingerprint density at radius 2 is 1.85 bits per heavy atom. The van der Waals surface area contributed by atoms with Crippen molar-refractivity contribution in [1.82, 2.24) is 0 Å². The summed E-state index contributed by atoms with van der Waals surface area (Å²) in [5, 5.41) is 10.5. The summed E-state index contributed by atoms with van der Waals surface area (Å²) in [6.07, 6.45) is 10.9. The minimum absolute atomic E-state index is 0.0317. The van der Waals surface area contributed by atoms with E-state index in [4.69, 9.17) is 14.2 Å². The van der Waals surface area contributed by atoms with Crippen LogP contribution in [0.3, 0.4) is 0 Å². The smallest absolute Gasteiger partial charge is 0.311 e. The molecule has 0 amide bonds. The van der Waals surface area contributed by atoms with Crippen LogP contribution in [0.4, 0.5) is 0 Å². The SMILES string of the molecule is CCCCC(CCC)COC1CCC(C(=O)OC2CCC3OC3C2)C(O)C1. The fourth-order valence-electron chi connectivity index (χ4n) is 4.75. The van der Waals surface area contributed by atoms with E-state index in [9.17, 15) is 9.90 Å². The highest BCUT2D eigenvalue weighted by Gasteiger charge is 2.46. The zero-order chi connectivity index (χ0) is 19.2. The van der Waals surface area contributed by atoms with Crippen LogP contribution >= 0.6 is 0 Å². The molecule has 3 rings (SSSR count). The lowest BCUT2D eigenvalue weighted by Crippen LogP contribution is -2.40. The number of carbonyl (C=O) groups is 1. The molecule has 27 heavy (non-hydrogen) atoms. The number of esters is 1. The monoisotopic (exact) mass is 382 g/mol. The molecule has 0 aromatic carbocycles. The topological polar surface area (TPSA) is 68.3 Å². The number of fused-ring (bicyclic) bond motifs is 1. The summed E-state index contributed by atoms with van der Waals surface area (Å²) in [5.74, 6) is 0.000586. The second-order valence-corrected chi connectivity index (χ2v) is 8.82. The number of hydrogen-bond acceptors (Lipinski definition) is 5. The van der Waals surface area contributed by atoms with Crippen molar-refractivity contribution in [1.29, 1.82) is 0 Å². The molecule has 1 saturated heterocycles. The Balaban J connectivity index is 1.38. The van der Waals surface area contributed by atoms with Crippen molar-refractivity contribution in [2.45, 2.75) is 115 Å². The Morgan fingerprint density at radius 1 is 1.04 bits per heavy atom. The Morgan fingerprint density at radius 3 is 2.56 bits per heavy atom. The van der Waals surface area contributed by atoms with E-state index >= 15 is 0 Å². The molecular formula is C22H38O5. The van der Waals surface area contributed by atoms with Crippen LogP contribution in [0.1, 0.15) is 84.5 Å². The van der Waals surface area contributed by atoms with E-state index in [2.05, 4.69) is 13.8 Å². The molecule has 1 N–H and O–H groups in total. The van der Waals surface area contributed by atoms with Crippen LogP contribution < -0.4 is 0 Å². The molecule has 0 spiro atoms. The summed E-state index contributed by atoms with van der Waals surface area (Å²) in [6.45, 7) is 5.23. The van der Waals surface area contributed by atoms with Gasteiger partial charge in [-0.2, -0.15) is 0 Å². The molecule has 1 aliphatic heterocycles. The maximum absolute atomic E-state index is 12.5. The third-order valence-electron chi connectivity index (χ3n) is 6.54. The normalized spacial score (nSPS) is 36.7. The average Bonchev–Trinajstić information content (AvgIpc) is 3.42. The summed E-state index contributed by atoms with van der Waals surface area (Å²) >= 11 is 0. The van der Waals surface area contributed by atoms with E-state index in [1.54, 1.807) is 0 Å². The number of carbonyl (C=O) groups excluding carboxylic acids is 1. The fourth-order valence-corrected chi connectivity index (χ4v) is 4.75. The van der Waals surface area contributed by atoms with Crippen LogP contribution in [0.15, 0.2) is 0 Å². The van der Waals surface area contributed by atoms with E-state index < -0.39 is 12.0 Å². The summed E-state index contributed by atoms with van der Waals surface area (Å²) in [4.78, 5) is 12.5. The first kappa shape index (κ1) is 21.1. The van der Waals surface area contributed by atoms with E-state index in [0.717, 1.165) is 32.3 Å². The van der Waals surface area contributed by atoms with Gasteiger partial charge in [0.25, 0.3) is 0 Å². The van der Waals surface area contributed by atoms with E-state index in [1.165, 1.54) is 32.1 Å². The summed E-state index contributed by atoms with van der Waals surface area (Å²) in [6, 6.07) is 0. The third-order valence-corrected chi connectivity index (χ3v) is 6.54. The van der Waals surface area contributed by atoms with E-state index in [-0.39, 0.29) is 18.2 Å². The molecule has 2 saturated carbocycles. The molecule has 3 aliphatic rings. The minimum atomic E-state index is -0.648. The Kier molecular flexibility index (Phi) is 7.97. The van der Waals surface area contributed by atoms with Gasteiger partial charge in [-0.15, -0.1) is 0 Å². The first-order valence-electron chi connectivity index (χ1n) is 11.3. The molecule has 0 aromatic rings. The van der Waals surface area contributed by atoms with Gasteiger partial charge in [-0.1, -0.05) is 33.1 Å². The van der Waals surface area contributed by atoms with Gasteiger partial charge in [0.05, 0.1) is 30.3 Å². The number of ether oxygens (including phenoxy) is 3. The number of aliphatic hydroxyl groups is 1. The maximum Gasteiger partial charge on any atom is 0.311 e. The molecule has 3 fully saturated rings. The standard InChI is InChI=1S/C22H38O5/c1-3-5-7-15(6-4-2)14-25-16-8-10-18(19(23)12-16)22(24)26-17-9-11-20-21(13-17)27-20/h15-21,23H,3-14H2,1-2H3. The average molecular weight is 383 g/mol. The lowest BCUT2D eigenvalue weighted by molar-refractivity contribution is -0.163. The molecule has 2 aliphatic carbocycles. The van der Waals surface area contributed by atoms with Crippen molar-refractivity contribution in [3.63, 3.8) is 0 Å². The number of aliphatic hydroxyl groups excluding tert-OH is 1. The molecule has 156 valence electrons. The van der Waals surface area contributed by atoms with Crippen molar-refractivity contribution < 1.29 is 24.1 Å². The van der Waals surface area contributed by atoms with Crippen LogP contribution in [0.2, 0.25) is 0 Å². The van der Waals surface area contributed by atoms with Crippen LogP contribution in [0.25, 0.3) is 0 Å². The lowest BCUT2D eigenvalue weighted by Gasteiger charge is -2.33. The maximum atomic E-state index is 12.5. The molecule has 0 radical (unpaired) electrons. The highest BCUT2D eigenvalue weighted by atomic mass is 16.6. The predicted molar refractivity (Wildman–Crippen MR) is 103 cm³/mol. The highest BCUT2D eigenvalue weighted by molar-refractivity contribution is 5.73. The van der Waals surface area contributed by atoms with Crippen LogP contribution in [-0.4, -0.2) is 48.2 Å². The first-order chi connectivity index (χ1) is 13.1. The lowest BCUT2D eigenvalue weighted by atomic mass is 9.84. The van der Waals surface area contributed by atoms with Crippen molar-refractivity contribution in [3.8, 4) is 0 Å². The van der Waals surface area contributed by atoms with Crippen molar-refractivity contribution >= 4 is 5.97 Å². The third kappa shape index (κ3) is 6.16. The number of hydrogen-bond donors (Lipinski definition) is 1. The molecule has 0 aromatic heterocycles. The Bertz CT molecular complexity index is 468. The molecule has 7 unspecified atom stereocenters. The minimum Gasteiger partial charge on any atom is -0.462 e. The molecule has 7 atom stereocenters. The van der Waals surface area contributed by atoms with Crippen molar-refractivity contribution in [2.75, 3.05) is 6.61 Å². The zero-order valence-corrected chi connectivity index (χ0v) is 17.1. The van der Waals surface area contributed by atoms with Gasteiger partial charge in [0.1, 0.15) is 6.10 Å². The second-order valence-electron chi connectivity index (χ2n) is 8.82. The number of unbranched alkanes of at least 4 members (excludes halogenated alkanes) is 1. The van der Waals surface area contributed by atoms with Crippen molar-refractivity contribution in [2.24, 2.45) is 11.8 Å². The van der Waals surface area contributed by atoms with Crippen LogP contribution in [-0.2, 0) is 19.0 Å². The molecule has 1 heterocycles. The Labute approximate surface area is 164 Å². The zero-order valence-electron chi connectivity index (χ0n) is 17.1. The largest absolute Gasteiger partial charge is 0.462 e. The van der Waals surface area contributed by atoms with Gasteiger partial charge in [-0.3, -0.25) is 4.79 Å². The molecule has 0 bridgehead atoms. The first-order valence-corrected chi connectivity index (χ1v) is 11.3. The van der Waals surface area contributed by atoms with Gasteiger partial charge in [0.2, 0.25) is 0 Å². The van der Waals surface area contributed by atoms with E-state index in [1.807, 2.05) is 0 Å². The molecular weight excluding hydrogens is 344 g/mol. The molecule has 5 nitrogen and oxygen atoms in total. The predicted octanol–water partition coefficient (Wildman–Crippen LogP) is 4.00. The molecule has 5 heteroatoms. The van der Waals surface area contributed by atoms with Crippen molar-refractivity contribution in [3.05, 3.63) is 0 Å². The van der Waals surface area contributed by atoms with Gasteiger partial charge in [0, 0.05) is 19.4 Å². The quantitative estimate of drug-likeness (QED) is 0.457. The Hall–Kier alpha value is -0.650.